The zero-order valence-corrected chi connectivity index (χ0v) is 10.6. The second kappa shape index (κ2) is 4.40. The SMILES string of the molecule is Nc1ccccc1C(=O)c1ccc2[nH]ncc2c1Cl. The molecule has 1 heterocycles. The second-order valence-corrected chi connectivity index (χ2v) is 4.55. The minimum absolute atomic E-state index is 0.189. The number of nitrogen functional groups attached to an aromatic ring is 1. The fourth-order valence-corrected chi connectivity index (χ4v) is 2.31. The third kappa shape index (κ3) is 1.86. The summed E-state index contributed by atoms with van der Waals surface area (Å²) < 4.78 is 0. The lowest BCUT2D eigenvalue weighted by atomic mass is 10.0. The Morgan fingerprint density at radius 2 is 1.95 bits per heavy atom. The fourth-order valence-electron chi connectivity index (χ4n) is 2.01. The molecular formula is C14H10ClN3O. The average molecular weight is 272 g/mol. The number of nitrogens with two attached hydrogens (primary N) is 1. The Kier molecular flexibility index (Phi) is 2.72. The van der Waals surface area contributed by atoms with Crippen molar-refractivity contribution < 1.29 is 4.79 Å². The van der Waals surface area contributed by atoms with Crippen molar-refractivity contribution in [1.29, 1.82) is 0 Å². The van der Waals surface area contributed by atoms with E-state index in [1.807, 2.05) is 0 Å². The lowest BCUT2D eigenvalue weighted by Gasteiger charge is -2.06. The van der Waals surface area contributed by atoms with Gasteiger partial charge in [-0.15, -0.1) is 0 Å². The fraction of sp³-hybridized carbons (Fsp3) is 0. The van der Waals surface area contributed by atoms with E-state index in [1.165, 1.54) is 0 Å². The van der Waals surface area contributed by atoms with Gasteiger partial charge in [-0.2, -0.15) is 5.10 Å². The number of aromatic amines is 1. The van der Waals surface area contributed by atoms with E-state index >= 15 is 0 Å². The number of para-hydroxylation sites is 1. The summed E-state index contributed by atoms with van der Waals surface area (Å²) in [6.07, 6.45) is 1.60. The molecule has 0 saturated heterocycles. The first kappa shape index (κ1) is 11.7. The van der Waals surface area contributed by atoms with Crippen LogP contribution in [0.4, 0.5) is 5.69 Å². The third-order valence-electron chi connectivity index (χ3n) is 3.01. The maximum atomic E-state index is 12.5. The zero-order chi connectivity index (χ0) is 13.4. The highest BCUT2D eigenvalue weighted by atomic mass is 35.5. The Labute approximate surface area is 114 Å². The van der Waals surface area contributed by atoms with Gasteiger partial charge >= 0.3 is 0 Å². The van der Waals surface area contributed by atoms with E-state index in [9.17, 15) is 4.79 Å². The number of fused-ring (bicyclic) bond motifs is 1. The van der Waals surface area contributed by atoms with Gasteiger partial charge in [0.25, 0.3) is 0 Å². The molecule has 0 fully saturated rings. The van der Waals surface area contributed by atoms with E-state index < -0.39 is 0 Å². The van der Waals surface area contributed by atoms with Crippen LogP contribution >= 0.6 is 11.6 Å². The molecule has 4 nitrogen and oxygen atoms in total. The smallest absolute Gasteiger partial charge is 0.196 e. The van der Waals surface area contributed by atoms with E-state index in [4.69, 9.17) is 17.3 Å². The van der Waals surface area contributed by atoms with E-state index in [2.05, 4.69) is 10.2 Å². The number of H-pyrrole nitrogens is 1. The van der Waals surface area contributed by atoms with Crippen molar-refractivity contribution in [3.8, 4) is 0 Å². The van der Waals surface area contributed by atoms with Crippen molar-refractivity contribution in [2.75, 3.05) is 5.73 Å². The number of halogens is 1. The summed E-state index contributed by atoms with van der Waals surface area (Å²) in [5.41, 5.74) is 7.93. The van der Waals surface area contributed by atoms with Crippen LogP contribution in [0.3, 0.4) is 0 Å². The molecule has 0 atom stereocenters. The first-order chi connectivity index (χ1) is 9.18. The van der Waals surface area contributed by atoms with Crippen LogP contribution in [0.25, 0.3) is 10.9 Å². The van der Waals surface area contributed by atoms with Crippen LogP contribution < -0.4 is 5.73 Å². The highest BCUT2D eigenvalue weighted by Gasteiger charge is 2.17. The molecule has 5 heteroatoms. The molecule has 19 heavy (non-hydrogen) atoms. The molecule has 3 rings (SSSR count). The van der Waals surface area contributed by atoms with Gasteiger partial charge in [-0.1, -0.05) is 23.7 Å². The van der Waals surface area contributed by atoms with Crippen molar-refractivity contribution in [2.24, 2.45) is 0 Å². The Hall–Kier alpha value is -2.33. The molecule has 3 aromatic rings. The normalized spacial score (nSPS) is 10.8. The molecule has 1 aromatic heterocycles. The second-order valence-electron chi connectivity index (χ2n) is 4.17. The monoisotopic (exact) mass is 271 g/mol. The van der Waals surface area contributed by atoms with Gasteiger partial charge in [-0.05, 0) is 24.3 Å². The summed E-state index contributed by atoms with van der Waals surface area (Å²) in [5.74, 6) is -0.189. The number of aromatic nitrogens is 2. The van der Waals surface area contributed by atoms with Gasteiger partial charge in [-0.3, -0.25) is 9.89 Å². The van der Waals surface area contributed by atoms with Crippen LogP contribution in [0.1, 0.15) is 15.9 Å². The number of carbonyl (C=O) groups is 1. The molecule has 0 radical (unpaired) electrons. The summed E-state index contributed by atoms with van der Waals surface area (Å²) in [4.78, 5) is 12.5. The molecule has 2 aromatic carbocycles. The largest absolute Gasteiger partial charge is 0.398 e. The lowest BCUT2D eigenvalue weighted by Crippen LogP contribution is -2.05. The van der Waals surface area contributed by atoms with Gasteiger partial charge in [0.05, 0.1) is 16.7 Å². The van der Waals surface area contributed by atoms with Crippen LogP contribution in [0.2, 0.25) is 5.02 Å². The molecule has 0 amide bonds. The van der Waals surface area contributed by atoms with E-state index in [0.717, 1.165) is 10.9 Å². The Morgan fingerprint density at radius 1 is 1.16 bits per heavy atom. The Bertz CT molecular complexity index is 779. The maximum absolute atomic E-state index is 12.5. The van der Waals surface area contributed by atoms with E-state index in [0.29, 0.717) is 21.8 Å². The molecule has 94 valence electrons. The van der Waals surface area contributed by atoms with Gasteiger partial charge < -0.3 is 5.73 Å². The number of carbonyl (C=O) groups excluding carboxylic acids is 1. The van der Waals surface area contributed by atoms with Gasteiger partial charge in [-0.25, -0.2) is 0 Å². The molecule has 0 aliphatic rings. The molecule has 0 aliphatic carbocycles. The first-order valence-electron chi connectivity index (χ1n) is 5.69. The van der Waals surface area contributed by atoms with Crippen LogP contribution in [-0.4, -0.2) is 16.0 Å². The van der Waals surface area contributed by atoms with Crippen molar-refractivity contribution >= 4 is 34.0 Å². The minimum Gasteiger partial charge on any atom is -0.398 e. The summed E-state index contributed by atoms with van der Waals surface area (Å²) in [6, 6.07) is 10.4. The summed E-state index contributed by atoms with van der Waals surface area (Å²) in [5, 5.41) is 7.83. The summed E-state index contributed by atoms with van der Waals surface area (Å²) >= 11 is 6.26. The average Bonchev–Trinajstić information content (AvgIpc) is 2.88. The van der Waals surface area contributed by atoms with Crippen LogP contribution in [0.15, 0.2) is 42.6 Å². The number of hydrogen-bond donors (Lipinski definition) is 2. The number of rotatable bonds is 2. The minimum atomic E-state index is -0.189. The van der Waals surface area contributed by atoms with Crippen molar-refractivity contribution in [3.63, 3.8) is 0 Å². The van der Waals surface area contributed by atoms with Crippen molar-refractivity contribution in [1.82, 2.24) is 10.2 Å². The van der Waals surface area contributed by atoms with E-state index in [1.54, 1.807) is 42.6 Å². The van der Waals surface area contributed by atoms with Crippen molar-refractivity contribution in [2.45, 2.75) is 0 Å². The van der Waals surface area contributed by atoms with Gasteiger partial charge in [0.2, 0.25) is 0 Å². The molecule has 0 aliphatic heterocycles. The quantitative estimate of drug-likeness (QED) is 0.556. The molecule has 3 N–H and O–H groups in total. The molecular weight excluding hydrogens is 262 g/mol. The predicted octanol–water partition coefficient (Wildman–Crippen LogP) is 3.03. The molecule has 0 saturated carbocycles. The highest BCUT2D eigenvalue weighted by molar-refractivity contribution is 6.39. The number of benzene rings is 2. The van der Waals surface area contributed by atoms with Crippen molar-refractivity contribution in [3.05, 3.63) is 58.7 Å². The Balaban J connectivity index is 2.17. The van der Waals surface area contributed by atoms with Crippen LogP contribution in [-0.2, 0) is 0 Å². The first-order valence-corrected chi connectivity index (χ1v) is 6.07. The lowest BCUT2D eigenvalue weighted by molar-refractivity contribution is 0.104. The molecule has 0 spiro atoms. The van der Waals surface area contributed by atoms with Gasteiger partial charge in [0.15, 0.2) is 5.78 Å². The number of nitrogens with zero attached hydrogens (tertiary/aromatic N) is 1. The van der Waals surface area contributed by atoms with Crippen LogP contribution in [0, 0.1) is 0 Å². The molecule has 0 unspecified atom stereocenters. The summed E-state index contributed by atoms with van der Waals surface area (Å²) in [6.45, 7) is 0. The number of ketones is 1. The number of hydrogen-bond acceptors (Lipinski definition) is 3. The Morgan fingerprint density at radius 3 is 2.74 bits per heavy atom. The standard InChI is InChI=1S/C14H10ClN3O/c15-13-9(5-6-12-10(13)7-17-18-12)14(19)8-3-1-2-4-11(8)16/h1-7H,16H2,(H,17,18). The summed E-state index contributed by atoms with van der Waals surface area (Å²) in [7, 11) is 0. The van der Waals surface area contributed by atoms with E-state index in [-0.39, 0.29) is 5.78 Å². The zero-order valence-electron chi connectivity index (χ0n) is 9.85. The third-order valence-corrected chi connectivity index (χ3v) is 3.42. The topological polar surface area (TPSA) is 71.8 Å². The van der Waals surface area contributed by atoms with Gasteiger partial charge in [0, 0.05) is 22.2 Å². The number of anilines is 1. The highest BCUT2D eigenvalue weighted by Crippen LogP contribution is 2.28. The predicted molar refractivity (Wildman–Crippen MR) is 75.4 cm³/mol. The van der Waals surface area contributed by atoms with Gasteiger partial charge in [0.1, 0.15) is 0 Å². The number of nitrogens with one attached hydrogen (secondary N) is 1. The maximum Gasteiger partial charge on any atom is 0.196 e. The van der Waals surface area contributed by atoms with Crippen LogP contribution in [0.5, 0.6) is 0 Å². The molecule has 0 bridgehead atoms.